The van der Waals surface area contributed by atoms with E-state index in [9.17, 15) is 9.18 Å². The van der Waals surface area contributed by atoms with Crippen molar-refractivity contribution >= 4 is 23.2 Å². The minimum atomic E-state index is -0.485. The standard InChI is InChI=1S/C14H18ClFN2O2/c1-9-6-18(7-10(2)20-9)8-14(19)17-13-5-11(15)3-4-12(13)16/h3-5,9-10H,6-8H2,1-2H3,(H,17,19)/p+1/t9-,10-/m1/s1. The van der Waals surface area contributed by atoms with Crippen LogP contribution >= 0.6 is 11.6 Å². The largest absolute Gasteiger partial charge is 0.364 e. The fourth-order valence-electron chi connectivity index (χ4n) is 2.55. The van der Waals surface area contributed by atoms with Gasteiger partial charge in [0.25, 0.3) is 5.91 Å². The molecule has 1 aliphatic rings. The number of anilines is 1. The minimum Gasteiger partial charge on any atom is -0.364 e. The molecule has 1 fully saturated rings. The average molecular weight is 302 g/mol. The van der Waals surface area contributed by atoms with Gasteiger partial charge in [-0.25, -0.2) is 4.39 Å². The number of nitrogens with one attached hydrogen (secondary N) is 2. The lowest BCUT2D eigenvalue weighted by Gasteiger charge is -2.31. The lowest BCUT2D eigenvalue weighted by Crippen LogP contribution is -3.16. The highest BCUT2D eigenvalue weighted by molar-refractivity contribution is 6.30. The summed E-state index contributed by atoms with van der Waals surface area (Å²) in [7, 11) is 0. The Morgan fingerprint density at radius 2 is 2.10 bits per heavy atom. The second-order valence-corrected chi connectivity index (χ2v) is 5.70. The third-order valence-corrected chi connectivity index (χ3v) is 3.47. The highest BCUT2D eigenvalue weighted by Gasteiger charge is 2.27. The Bertz CT molecular complexity index is 488. The molecule has 2 atom stereocenters. The van der Waals surface area contributed by atoms with Crippen LogP contribution in [-0.4, -0.2) is 37.7 Å². The third kappa shape index (κ3) is 4.16. The Morgan fingerprint density at radius 3 is 2.75 bits per heavy atom. The monoisotopic (exact) mass is 301 g/mol. The van der Waals surface area contributed by atoms with Crippen molar-refractivity contribution in [2.45, 2.75) is 26.1 Å². The van der Waals surface area contributed by atoms with Crippen molar-refractivity contribution in [3.05, 3.63) is 29.0 Å². The van der Waals surface area contributed by atoms with Crippen LogP contribution in [0.2, 0.25) is 5.02 Å². The summed E-state index contributed by atoms with van der Waals surface area (Å²) in [4.78, 5) is 13.1. The first-order chi connectivity index (χ1) is 9.44. The van der Waals surface area contributed by atoms with E-state index in [2.05, 4.69) is 5.32 Å². The number of hydrogen-bond acceptors (Lipinski definition) is 2. The molecule has 0 radical (unpaired) electrons. The molecule has 1 aromatic rings. The van der Waals surface area contributed by atoms with Crippen LogP contribution in [0.15, 0.2) is 18.2 Å². The van der Waals surface area contributed by atoms with Crippen molar-refractivity contribution < 1.29 is 18.8 Å². The summed E-state index contributed by atoms with van der Waals surface area (Å²) in [5.74, 6) is -0.705. The molecule has 1 aromatic carbocycles. The molecule has 2 rings (SSSR count). The van der Waals surface area contributed by atoms with Crippen molar-refractivity contribution in [3.8, 4) is 0 Å². The lowest BCUT2D eigenvalue weighted by molar-refractivity contribution is -0.907. The van der Waals surface area contributed by atoms with Crippen LogP contribution in [0.5, 0.6) is 0 Å². The molecule has 0 spiro atoms. The number of hydrogen-bond donors (Lipinski definition) is 2. The van der Waals surface area contributed by atoms with Gasteiger partial charge in [-0.15, -0.1) is 0 Å². The van der Waals surface area contributed by atoms with Crippen LogP contribution in [0.4, 0.5) is 10.1 Å². The summed E-state index contributed by atoms with van der Waals surface area (Å²) in [5, 5.41) is 2.96. The third-order valence-electron chi connectivity index (χ3n) is 3.23. The topological polar surface area (TPSA) is 42.8 Å². The van der Waals surface area contributed by atoms with Crippen molar-refractivity contribution in [2.24, 2.45) is 0 Å². The predicted octanol–water partition coefficient (Wildman–Crippen LogP) is 1.11. The van der Waals surface area contributed by atoms with E-state index in [1.807, 2.05) is 13.8 Å². The first-order valence-corrected chi connectivity index (χ1v) is 7.05. The molecule has 0 saturated carbocycles. The van der Waals surface area contributed by atoms with Crippen molar-refractivity contribution in [1.82, 2.24) is 0 Å². The van der Waals surface area contributed by atoms with Crippen LogP contribution in [-0.2, 0) is 9.53 Å². The van der Waals surface area contributed by atoms with Gasteiger partial charge in [-0.05, 0) is 32.0 Å². The predicted molar refractivity (Wildman–Crippen MR) is 75.6 cm³/mol. The van der Waals surface area contributed by atoms with Gasteiger partial charge < -0.3 is 15.0 Å². The molecular formula is C14H19ClFN2O2+. The Kier molecular flexibility index (Phi) is 4.96. The second-order valence-electron chi connectivity index (χ2n) is 5.26. The van der Waals surface area contributed by atoms with E-state index < -0.39 is 5.82 Å². The summed E-state index contributed by atoms with van der Waals surface area (Å²) >= 11 is 5.79. The summed E-state index contributed by atoms with van der Waals surface area (Å²) in [6, 6.07) is 4.10. The van der Waals surface area contributed by atoms with Gasteiger partial charge in [0.15, 0.2) is 6.54 Å². The van der Waals surface area contributed by atoms with E-state index in [1.165, 1.54) is 18.2 Å². The maximum atomic E-state index is 13.5. The zero-order chi connectivity index (χ0) is 14.7. The van der Waals surface area contributed by atoms with E-state index in [1.54, 1.807) is 0 Å². The number of halogens is 2. The zero-order valence-corrected chi connectivity index (χ0v) is 12.3. The molecule has 0 aliphatic carbocycles. The summed E-state index contributed by atoms with van der Waals surface area (Å²) in [6.07, 6.45) is 0.258. The summed E-state index contributed by atoms with van der Waals surface area (Å²) < 4.78 is 19.2. The average Bonchev–Trinajstić information content (AvgIpc) is 2.32. The van der Waals surface area contributed by atoms with Crippen LogP contribution in [0.25, 0.3) is 0 Å². The quantitative estimate of drug-likeness (QED) is 0.878. The van der Waals surface area contributed by atoms with Gasteiger partial charge in [0.2, 0.25) is 0 Å². The fourth-order valence-corrected chi connectivity index (χ4v) is 2.72. The van der Waals surface area contributed by atoms with E-state index >= 15 is 0 Å². The number of quaternary nitrogens is 1. The number of morpholine rings is 1. The minimum absolute atomic E-state index is 0.122. The molecule has 1 amide bonds. The molecule has 0 aromatic heterocycles. The molecule has 0 unspecified atom stereocenters. The molecule has 1 heterocycles. The normalized spacial score (nSPS) is 26.3. The van der Waals surface area contributed by atoms with E-state index in [0.717, 1.165) is 18.0 Å². The molecule has 4 nitrogen and oxygen atoms in total. The molecule has 20 heavy (non-hydrogen) atoms. The smallest absolute Gasteiger partial charge is 0.279 e. The Hall–Kier alpha value is -1.17. The molecular weight excluding hydrogens is 283 g/mol. The van der Waals surface area contributed by atoms with Gasteiger partial charge in [-0.3, -0.25) is 4.79 Å². The van der Waals surface area contributed by atoms with Gasteiger partial charge >= 0.3 is 0 Å². The van der Waals surface area contributed by atoms with Crippen molar-refractivity contribution in [1.29, 1.82) is 0 Å². The number of ether oxygens (including phenoxy) is 1. The Labute approximate surface area is 122 Å². The van der Waals surface area contributed by atoms with Crippen LogP contribution in [0.3, 0.4) is 0 Å². The molecule has 1 saturated heterocycles. The molecule has 2 N–H and O–H groups in total. The Balaban J connectivity index is 1.93. The van der Waals surface area contributed by atoms with Crippen molar-refractivity contribution in [3.63, 3.8) is 0 Å². The maximum absolute atomic E-state index is 13.5. The van der Waals surface area contributed by atoms with E-state index in [4.69, 9.17) is 16.3 Å². The summed E-state index contributed by atoms with van der Waals surface area (Å²) in [5.41, 5.74) is 0.122. The number of rotatable bonds is 3. The Morgan fingerprint density at radius 1 is 1.45 bits per heavy atom. The van der Waals surface area contributed by atoms with Crippen LogP contribution in [0.1, 0.15) is 13.8 Å². The zero-order valence-electron chi connectivity index (χ0n) is 11.6. The molecule has 0 bridgehead atoms. The summed E-state index contributed by atoms with van der Waals surface area (Å²) in [6.45, 7) is 5.82. The first kappa shape index (κ1) is 15.2. The van der Waals surface area contributed by atoms with Gasteiger partial charge in [0.05, 0.1) is 5.69 Å². The van der Waals surface area contributed by atoms with E-state index in [-0.39, 0.29) is 23.8 Å². The highest BCUT2D eigenvalue weighted by Crippen LogP contribution is 2.19. The first-order valence-electron chi connectivity index (χ1n) is 6.68. The van der Waals surface area contributed by atoms with E-state index in [0.29, 0.717) is 11.6 Å². The van der Waals surface area contributed by atoms with Gasteiger partial charge in [-0.1, -0.05) is 11.6 Å². The number of benzene rings is 1. The highest BCUT2D eigenvalue weighted by atomic mass is 35.5. The lowest BCUT2D eigenvalue weighted by atomic mass is 10.2. The number of carbonyl (C=O) groups excluding carboxylic acids is 1. The SMILES string of the molecule is C[C@@H]1C[NH+](CC(=O)Nc2cc(Cl)ccc2F)C[C@@H](C)O1. The van der Waals surface area contributed by atoms with Crippen LogP contribution in [0, 0.1) is 5.82 Å². The second kappa shape index (κ2) is 6.52. The van der Waals surface area contributed by atoms with Gasteiger partial charge in [0.1, 0.15) is 31.1 Å². The number of amides is 1. The number of carbonyl (C=O) groups is 1. The van der Waals surface area contributed by atoms with Crippen molar-refractivity contribution in [2.75, 3.05) is 25.0 Å². The molecule has 6 heteroatoms. The molecule has 110 valence electrons. The maximum Gasteiger partial charge on any atom is 0.279 e. The fraction of sp³-hybridized carbons (Fsp3) is 0.500. The molecule has 1 aliphatic heterocycles. The van der Waals surface area contributed by atoms with Gasteiger partial charge in [-0.2, -0.15) is 0 Å². The van der Waals surface area contributed by atoms with Crippen LogP contribution < -0.4 is 10.2 Å². The van der Waals surface area contributed by atoms with Gasteiger partial charge in [0, 0.05) is 5.02 Å².